The van der Waals surface area contributed by atoms with Crippen molar-refractivity contribution in [2.75, 3.05) is 18.0 Å². The molecule has 18 heavy (non-hydrogen) atoms. The zero-order valence-electron chi connectivity index (χ0n) is 11.1. The van der Waals surface area contributed by atoms with E-state index in [4.69, 9.17) is 4.42 Å². The molecular formula is C13H22N4O. The van der Waals surface area contributed by atoms with Crippen LogP contribution >= 0.6 is 0 Å². The number of nitrogens with one attached hydrogen (secondary N) is 1. The first kappa shape index (κ1) is 12.0. The molecule has 1 atom stereocenters. The molecule has 2 fully saturated rings. The van der Waals surface area contributed by atoms with Gasteiger partial charge < -0.3 is 14.6 Å². The van der Waals surface area contributed by atoms with Crippen molar-refractivity contribution in [3.8, 4) is 0 Å². The van der Waals surface area contributed by atoms with Crippen LogP contribution in [0.1, 0.15) is 44.9 Å². The second-order valence-electron chi connectivity index (χ2n) is 5.66. The van der Waals surface area contributed by atoms with E-state index in [1.165, 1.54) is 32.1 Å². The fourth-order valence-electron chi connectivity index (χ4n) is 2.42. The SMILES string of the molecule is CC1CCCN(c2nnc(CNC3CC3)o2)CC1. The third-order valence-electron chi connectivity index (χ3n) is 3.86. The van der Waals surface area contributed by atoms with E-state index in [1.807, 2.05) is 0 Å². The Morgan fingerprint density at radius 2 is 2.11 bits per heavy atom. The Morgan fingerprint density at radius 1 is 1.22 bits per heavy atom. The summed E-state index contributed by atoms with van der Waals surface area (Å²) in [7, 11) is 0. The Labute approximate surface area is 108 Å². The quantitative estimate of drug-likeness (QED) is 0.885. The molecule has 5 heteroatoms. The summed E-state index contributed by atoms with van der Waals surface area (Å²) < 4.78 is 5.73. The molecule has 0 aromatic carbocycles. The minimum Gasteiger partial charge on any atom is -0.407 e. The average Bonchev–Trinajstić information content (AvgIpc) is 3.12. The van der Waals surface area contributed by atoms with Gasteiger partial charge in [0.2, 0.25) is 5.89 Å². The number of aromatic nitrogens is 2. The van der Waals surface area contributed by atoms with Gasteiger partial charge in [-0.15, -0.1) is 5.10 Å². The molecule has 1 saturated carbocycles. The summed E-state index contributed by atoms with van der Waals surface area (Å²) in [4.78, 5) is 2.23. The second kappa shape index (κ2) is 5.26. The van der Waals surface area contributed by atoms with Crippen LogP contribution in [0.2, 0.25) is 0 Å². The van der Waals surface area contributed by atoms with Gasteiger partial charge >= 0.3 is 6.01 Å². The van der Waals surface area contributed by atoms with Crippen LogP contribution in [0.3, 0.4) is 0 Å². The lowest BCUT2D eigenvalue weighted by atomic mass is 10.0. The summed E-state index contributed by atoms with van der Waals surface area (Å²) in [5.41, 5.74) is 0. The van der Waals surface area contributed by atoms with Crippen molar-refractivity contribution in [2.45, 2.75) is 51.6 Å². The van der Waals surface area contributed by atoms with Crippen LogP contribution in [0.5, 0.6) is 0 Å². The Hall–Kier alpha value is -1.10. The van der Waals surface area contributed by atoms with E-state index in [-0.39, 0.29) is 0 Å². The third kappa shape index (κ3) is 3.02. The zero-order chi connectivity index (χ0) is 12.4. The maximum absolute atomic E-state index is 5.73. The van der Waals surface area contributed by atoms with Gasteiger partial charge in [-0.3, -0.25) is 0 Å². The highest BCUT2D eigenvalue weighted by Crippen LogP contribution is 2.22. The van der Waals surface area contributed by atoms with Gasteiger partial charge in [-0.05, 0) is 38.0 Å². The second-order valence-corrected chi connectivity index (χ2v) is 5.66. The Bertz CT molecular complexity index is 388. The number of rotatable bonds is 4. The first-order valence-corrected chi connectivity index (χ1v) is 7.12. The zero-order valence-corrected chi connectivity index (χ0v) is 11.1. The van der Waals surface area contributed by atoms with E-state index in [1.54, 1.807) is 0 Å². The van der Waals surface area contributed by atoms with E-state index in [0.717, 1.165) is 19.0 Å². The maximum Gasteiger partial charge on any atom is 0.318 e. The lowest BCUT2D eigenvalue weighted by molar-refractivity contribution is 0.459. The van der Waals surface area contributed by atoms with Crippen molar-refractivity contribution >= 4 is 6.01 Å². The van der Waals surface area contributed by atoms with Gasteiger partial charge in [-0.25, -0.2) is 0 Å². The lowest BCUT2D eigenvalue weighted by Crippen LogP contribution is -2.24. The molecule has 1 saturated heterocycles. The average molecular weight is 250 g/mol. The summed E-state index contributed by atoms with van der Waals surface area (Å²) in [6, 6.07) is 1.39. The fraction of sp³-hybridized carbons (Fsp3) is 0.846. The molecule has 2 heterocycles. The summed E-state index contributed by atoms with van der Waals surface area (Å²) >= 11 is 0. The first-order valence-electron chi connectivity index (χ1n) is 7.12. The molecule has 0 bridgehead atoms. The minimum absolute atomic E-state index is 0.680. The molecule has 2 aliphatic rings. The standard InChI is InChI=1S/C13H22N4O/c1-10-3-2-7-17(8-6-10)13-16-15-12(18-13)9-14-11-4-5-11/h10-11,14H,2-9H2,1H3. The molecule has 5 nitrogen and oxygen atoms in total. The third-order valence-corrected chi connectivity index (χ3v) is 3.86. The van der Waals surface area contributed by atoms with Gasteiger partial charge in [0.15, 0.2) is 0 Å². The minimum atomic E-state index is 0.680. The Morgan fingerprint density at radius 3 is 2.94 bits per heavy atom. The number of hydrogen-bond donors (Lipinski definition) is 1. The number of hydrogen-bond acceptors (Lipinski definition) is 5. The van der Waals surface area contributed by atoms with Gasteiger partial charge in [-0.1, -0.05) is 12.0 Å². The topological polar surface area (TPSA) is 54.2 Å². The van der Waals surface area contributed by atoms with E-state index < -0.39 is 0 Å². The molecule has 1 aliphatic carbocycles. The summed E-state index contributed by atoms with van der Waals surface area (Å²) in [6.07, 6.45) is 6.31. The van der Waals surface area contributed by atoms with Gasteiger partial charge in [0.05, 0.1) is 6.54 Å². The van der Waals surface area contributed by atoms with Crippen LogP contribution < -0.4 is 10.2 Å². The van der Waals surface area contributed by atoms with Crippen LogP contribution in [0.15, 0.2) is 4.42 Å². The molecule has 0 amide bonds. The molecule has 3 rings (SSSR count). The molecule has 1 aromatic heterocycles. The van der Waals surface area contributed by atoms with Crippen molar-refractivity contribution in [3.63, 3.8) is 0 Å². The first-order chi connectivity index (χ1) is 8.81. The highest BCUT2D eigenvalue weighted by Gasteiger charge is 2.22. The molecule has 0 spiro atoms. The highest BCUT2D eigenvalue weighted by molar-refractivity contribution is 5.24. The van der Waals surface area contributed by atoms with Crippen LogP contribution in [0.25, 0.3) is 0 Å². The van der Waals surface area contributed by atoms with Gasteiger partial charge in [-0.2, -0.15) is 0 Å². The van der Waals surface area contributed by atoms with Crippen LogP contribution in [-0.4, -0.2) is 29.3 Å². The van der Waals surface area contributed by atoms with Crippen molar-refractivity contribution < 1.29 is 4.42 Å². The summed E-state index contributed by atoms with van der Waals surface area (Å²) in [6.45, 7) is 5.12. The van der Waals surface area contributed by atoms with Crippen molar-refractivity contribution in [2.24, 2.45) is 5.92 Å². The summed E-state index contributed by atoms with van der Waals surface area (Å²) in [5, 5.41) is 11.7. The number of anilines is 1. The molecule has 1 aliphatic heterocycles. The molecule has 100 valence electrons. The van der Waals surface area contributed by atoms with Crippen LogP contribution in [-0.2, 0) is 6.54 Å². The molecule has 1 N–H and O–H groups in total. The van der Waals surface area contributed by atoms with Gasteiger partial charge in [0.1, 0.15) is 0 Å². The van der Waals surface area contributed by atoms with Crippen molar-refractivity contribution in [1.29, 1.82) is 0 Å². The van der Waals surface area contributed by atoms with E-state index in [2.05, 4.69) is 27.3 Å². The summed E-state index contributed by atoms with van der Waals surface area (Å²) in [5.74, 6) is 1.53. The van der Waals surface area contributed by atoms with Gasteiger partial charge in [0, 0.05) is 19.1 Å². The van der Waals surface area contributed by atoms with Crippen molar-refractivity contribution in [1.82, 2.24) is 15.5 Å². The molecule has 1 unspecified atom stereocenters. The van der Waals surface area contributed by atoms with Crippen LogP contribution in [0.4, 0.5) is 6.01 Å². The largest absolute Gasteiger partial charge is 0.407 e. The lowest BCUT2D eigenvalue weighted by Gasteiger charge is -2.16. The Balaban J connectivity index is 1.57. The van der Waals surface area contributed by atoms with E-state index in [0.29, 0.717) is 24.5 Å². The van der Waals surface area contributed by atoms with E-state index in [9.17, 15) is 0 Å². The van der Waals surface area contributed by atoms with Gasteiger partial charge in [0.25, 0.3) is 0 Å². The molecule has 0 radical (unpaired) electrons. The molecular weight excluding hydrogens is 228 g/mol. The van der Waals surface area contributed by atoms with Crippen LogP contribution in [0, 0.1) is 5.92 Å². The Kier molecular flexibility index (Phi) is 3.50. The normalized spacial score (nSPS) is 25.2. The van der Waals surface area contributed by atoms with E-state index >= 15 is 0 Å². The fourth-order valence-corrected chi connectivity index (χ4v) is 2.42. The predicted octanol–water partition coefficient (Wildman–Crippen LogP) is 1.95. The predicted molar refractivity (Wildman–Crippen MR) is 69.4 cm³/mol. The smallest absolute Gasteiger partial charge is 0.318 e. The van der Waals surface area contributed by atoms with Crippen molar-refractivity contribution in [3.05, 3.63) is 5.89 Å². The monoisotopic (exact) mass is 250 g/mol. The molecule has 1 aromatic rings. The maximum atomic E-state index is 5.73. The highest BCUT2D eigenvalue weighted by atomic mass is 16.4. The number of nitrogens with zero attached hydrogens (tertiary/aromatic N) is 3.